The molecule has 132 valence electrons. The maximum atomic E-state index is 12.9. The summed E-state index contributed by atoms with van der Waals surface area (Å²) in [5.74, 6) is -0.899. The fraction of sp³-hybridized carbons (Fsp3) is 0.250. The van der Waals surface area contributed by atoms with Crippen LogP contribution in [0.1, 0.15) is 34.3 Å². The van der Waals surface area contributed by atoms with Gasteiger partial charge in [-0.05, 0) is 34.7 Å². The van der Waals surface area contributed by atoms with Crippen LogP contribution in [0.2, 0.25) is 0 Å². The number of carbonyl (C=O) groups excluding carboxylic acids is 3. The van der Waals surface area contributed by atoms with E-state index in [0.29, 0.717) is 18.5 Å². The Balaban J connectivity index is 1.66. The van der Waals surface area contributed by atoms with Crippen LogP contribution in [-0.2, 0) is 22.7 Å². The second-order valence-electron chi connectivity index (χ2n) is 6.59. The number of fused-ring (bicyclic) bond motifs is 1. The van der Waals surface area contributed by atoms with Crippen LogP contribution in [0.15, 0.2) is 42.5 Å². The first-order chi connectivity index (χ1) is 12.6. The minimum atomic E-state index is -0.610. The maximum absolute atomic E-state index is 12.9. The molecule has 2 heterocycles. The third-order valence-electron chi connectivity index (χ3n) is 5.03. The predicted octanol–water partition coefficient (Wildman–Crippen LogP) is 1.61. The van der Waals surface area contributed by atoms with Crippen molar-refractivity contribution in [3.8, 4) is 11.1 Å². The van der Waals surface area contributed by atoms with Gasteiger partial charge in [-0.2, -0.15) is 0 Å². The predicted molar refractivity (Wildman–Crippen MR) is 93.8 cm³/mol. The highest BCUT2D eigenvalue weighted by Gasteiger charge is 2.39. The summed E-state index contributed by atoms with van der Waals surface area (Å²) >= 11 is 0. The van der Waals surface area contributed by atoms with E-state index in [-0.39, 0.29) is 24.8 Å². The normalized spacial score (nSPS) is 19.5. The summed E-state index contributed by atoms with van der Waals surface area (Å²) in [5.41, 5.74) is 3.96. The Morgan fingerprint density at radius 2 is 1.88 bits per heavy atom. The molecule has 0 spiro atoms. The van der Waals surface area contributed by atoms with Crippen LogP contribution in [0.3, 0.4) is 0 Å². The van der Waals surface area contributed by atoms with Crippen LogP contribution in [0.25, 0.3) is 11.1 Å². The monoisotopic (exact) mass is 350 g/mol. The highest BCUT2D eigenvalue weighted by atomic mass is 16.3. The van der Waals surface area contributed by atoms with Gasteiger partial charge in [0.05, 0.1) is 6.61 Å². The minimum absolute atomic E-state index is 0.0798. The molecule has 3 amide bonds. The summed E-state index contributed by atoms with van der Waals surface area (Å²) in [6.45, 7) is 0.284. The van der Waals surface area contributed by atoms with E-state index < -0.39 is 11.9 Å². The van der Waals surface area contributed by atoms with E-state index in [9.17, 15) is 19.5 Å². The van der Waals surface area contributed by atoms with Gasteiger partial charge in [0.1, 0.15) is 6.04 Å². The molecule has 6 nitrogen and oxygen atoms in total. The van der Waals surface area contributed by atoms with Gasteiger partial charge in [0.25, 0.3) is 5.91 Å². The number of aliphatic hydroxyl groups excluding tert-OH is 1. The second kappa shape index (κ2) is 6.38. The Morgan fingerprint density at radius 1 is 1.08 bits per heavy atom. The van der Waals surface area contributed by atoms with Gasteiger partial charge < -0.3 is 10.0 Å². The van der Waals surface area contributed by atoms with Crippen LogP contribution in [0, 0.1) is 0 Å². The maximum Gasteiger partial charge on any atom is 0.255 e. The molecule has 1 saturated heterocycles. The molecule has 2 aromatic carbocycles. The highest BCUT2D eigenvalue weighted by molar-refractivity contribution is 6.05. The largest absolute Gasteiger partial charge is 0.392 e. The zero-order valence-electron chi connectivity index (χ0n) is 14.1. The molecule has 1 atom stereocenters. The molecule has 2 aliphatic rings. The van der Waals surface area contributed by atoms with E-state index >= 15 is 0 Å². The SMILES string of the molecule is O=C1CCC(N2Cc3ccc(-c4ccccc4CO)cc3C2=O)C(=O)N1. The number of piperidine rings is 1. The number of benzene rings is 2. The van der Waals surface area contributed by atoms with Crippen molar-refractivity contribution in [3.05, 3.63) is 59.2 Å². The van der Waals surface area contributed by atoms with E-state index in [0.717, 1.165) is 22.3 Å². The smallest absolute Gasteiger partial charge is 0.255 e. The fourth-order valence-corrected chi connectivity index (χ4v) is 3.66. The molecule has 0 aromatic heterocycles. The van der Waals surface area contributed by atoms with Gasteiger partial charge >= 0.3 is 0 Å². The lowest BCUT2D eigenvalue weighted by Gasteiger charge is -2.29. The number of amides is 3. The highest BCUT2D eigenvalue weighted by Crippen LogP contribution is 2.32. The third-order valence-corrected chi connectivity index (χ3v) is 5.03. The minimum Gasteiger partial charge on any atom is -0.392 e. The number of hydrogen-bond donors (Lipinski definition) is 2. The quantitative estimate of drug-likeness (QED) is 0.824. The van der Waals surface area contributed by atoms with E-state index in [1.807, 2.05) is 42.5 Å². The number of hydrogen-bond acceptors (Lipinski definition) is 4. The van der Waals surface area contributed by atoms with Crippen molar-refractivity contribution in [1.82, 2.24) is 10.2 Å². The molecule has 2 N–H and O–H groups in total. The Kier molecular flexibility index (Phi) is 4.05. The number of rotatable bonds is 3. The van der Waals surface area contributed by atoms with Crippen molar-refractivity contribution >= 4 is 17.7 Å². The first kappa shape index (κ1) is 16.5. The van der Waals surface area contributed by atoms with Crippen molar-refractivity contribution in [2.75, 3.05) is 0 Å². The summed E-state index contributed by atoms with van der Waals surface area (Å²) in [7, 11) is 0. The summed E-state index contributed by atoms with van der Waals surface area (Å²) < 4.78 is 0. The lowest BCUT2D eigenvalue weighted by atomic mass is 9.97. The third kappa shape index (κ3) is 2.68. The summed E-state index contributed by atoms with van der Waals surface area (Å²) in [6.07, 6.45) is 0.594. The molecule has 6 heteroatoms. The zero-order valence-corrected chi connectivity index (χ0v) is 14.1. The topological polar surface area (TPSA) is 86.7 Å². The van der Waals surface area contributed by atoms with Gasteiger partial charge in [-0.25, -0.2) is 0 Å². The van der Waals surface area contributed by atoms with Crippen LogP contribution in [0.4, 0.5) is 0 Å². The molecule has 0 saturated carbocycles. The van der Waals surface area contributed by atoms with Gasteiger partial charge in [-0.3, -0.25) is 19.7 Å². The lowest BCUT2D eigenvalue weighted by molar-refractivity contribution is -0.136. The van der Waals surface area contributed by atoms with Crippen LogP contribution in [-0.4, -0.2) is 33.8 Å². The van der Waals surface area contributed by atoms with Crippen molar-refractivity contribution in [1.29, 1.82) is 0 Å². The Morgan fingerprint density at radius 3 is 2.65 bits per heavy atom. The first-order valence-corrected chi connectivity index (χ1v) is 8.55. The van der Waals surface area contributed by atoms with Gasteiger partial charge in [0, 0.05) is 18.5 Å². The summed E-state index contributed by atoms with van der Waals surface area (Å²) in [6, 6.07) is 12.5. The van der Waals surface area contributed by atoms with Gasteiger partial charge in [-0.1, -0.05) is 36.4 Å². The molecule has 2 aliphatic heterocycles. The molecule has 4 rings (SSSR count). The van der Waals surface area contributed by atoms with Crippen molar-refractivity contribution in [3.63, 3.8) is 0 Å². The number of aliphatic hydroxyl groups is 1. The summed E-state index contributed by atoms with van der Waals surface area (Å²) in [5, 5.41) is 11.8. The Bertz CT molecular complexity index is 922. The summed E-state index contributed by atoms with van der Waals surface area (Å²) in [4.78, 5) is 37.9. The molecular formula is C20H18N2O4. The molecule has 1 unspecified atom stereocenters. The standard InChI is InChI=1S/C20H18N2O4/c23-11-14-3-1-2-4-15(14)12-5-6-13-10-22(20(26)16(13)9-12)17-7-8-18(24)21-19(17)25/h1-6,9,17,23H,7-8,10-11H2,(H,21,24,25). The molecule has 0 bridgehead atoms. The lowest BCUT2D eigenvalue weighted by Crippen LogP contribution is -2.52. The molecular weight excluding hydrogens is 332 g/mol. The average Bonchev–Trinajstić information content (AvgIpc) is 2.98. The van der Waals surface area contributed by atoms with E-state index in [1.54, 1.807) is 0 Å². The van der Waals surface area contributed by atoms with E-state index in [1.165, 1.54) is 4.90 Å². The van der Waals surface area contributed by atoms with Crippen molar-refractivity contribution < 1.29 is 19.5 Å². The molecule has 0 aliphatic carbocycles. The number of nitrogens with zero attached hydrogens (tertiary/aromatic N) is 1. The van der Waals surface area contributed by atoms with E-state index in [2.05, 4.69) is 5.32 Å². The van der Waals surface area contributed by atoms with Gasteiger partial charge in [-0.15, -0.1) is 0 Å². The molecule has 26 heavy (non-hydrogen) atoms. The first-order valence-electron chi connectivity index (χ1n) is 8.55. The van der Waals surface area contributed by atoms with Crippen LogP contribution in [0.5, 0.6) is 0 Å². The van der Waals surface area contributed by atoms with E-state index in [4.69, 9.17) is 0 Å². The fourth-order valence-electron chi connectivity index (χ4n) is 3.66. The molecule has 2 aromatic rings. The van der Waals surface area contributed by atoms with Crippen molar-refractivity contribution in [2.24, 2.45) is 0 Å². The molecule has 1 fully saturated rings. The van der Waals surface area contributed by atoms with Gasteiger partial charge in [0.2, 0.25) is 11.8 Å². The molecule has 0 radical (unpaired) electrons. The average molecular weight is 350 g/mol. The van der Waals surface area contributed by atoms with Gasteiger partial charge in [0.15, 0.2) is 0 Å². The van der Waals surface area contributed by atoms with Crippen LogP contribution >= 0.6 is 0 Å². The van der Waals surface area contributed by atoms with Crippen molar-refractivity contribution in [2.45, 2.75) is 32.0 Å². The Labute approximate surface area is 150 Å². The number of nitrogens with one attached hydrogen (secondary N) is 1. The number of carbonyl (C=O) groups is 3. The second-order valence-corrected chi connectivity index (χ2v) is 6.59. The zero-order chi connectivity index (χ0) is 18.3. The number of imide groups is 1. The Hall–Kier alpha value is -2.99. The van der Waals surface area contributed by atoms with Crippen LogP contribution < -0.4 is 5.32 Å².